The summed E-state index contributed by atoms with van der Waals surface area (Å²) in [5.41, 5.74) is 5.12. The van der Waals surface area contributed by atoms with E-state index in [4.69, 9.17) is 26.4 Å². The topological polar surface area (TPSA) is 97.9 Å². The Bertz CT molecular complexity index is 1060. The van der Waals surface area contributed by atoms with Crippen molar-refractivity contribution in [3.8, 4) is 17.2 Å². The van der Waals surface area contributed by atoms with Gasteiger partial charge < -0.3 is 14.2 Å². The predicted molar refractivity (Wildman–Crippen MR) is 127 cm³/mol. The second-order valence-corrected chi connectivity index (χ2v) is 6.97. The van der Waals surface area contributed by atoms with E-state index in [1.807, 2.05) is 36.4 Å². The molecule has 9 heteroatoms. The Morgan fingerprint density at radius 1 is 0.697 bits per heavy atom. The van der Waals surface area contributed by atoms with E-state index in [9.17, 15) is 9.59 Å². The molecule has 3 rings (SSSR count). The molecule has 0 aliphatic heterocycles. The third-order valence-electron chi connectivity index (χ3n) is 4.14. The summed E-state index contributed by atoms with van der Waals surface area (Å²) in [7, 11) is 0. The van der Waals surface area contributed by atoms with Crippen molar-refractivity contribution in [2.24, 2.45) is 0 Å². The van der Waals surface area contributed by atoms with Gasteiger partial charge >= 0.3 is 0 Å². The number of hydrazine groups is 1. The highest BCUT2D eigenvalue weighted by Crippen LogP contribution is 2.18. The maximum Gasteiger partial charge on any atom is 0.276 e. The Balaban J connectivity index is 1.41. The third kappa shape index (κ3) is 8.15. The largest absolute Gasteiger partial charge is 0.490 e. The minimum Gasteiger partial charge on any atom is -0.490 e. The lowest BCUT2D eigenvalue weighted by atomic mass is 10.2. The minimum absolute atomic E-state index is 0.0738. The van der Waals surface area contributed by atoms with Gasteiger partial charge in [0.15, 0.2) is 11.7 Å². The molecule has 0 spiro atoms. The molecule has 3 N–H and O–H groups in total. The first-order valence-corrected chi connectivity index (χ1v) is 10.5. The normalized spacial score (nSPS) is 9.94. The molecule has 0 radical (unpaired) electrons. The summed E-state index contributed by atoms with van der Waals surface area (Å²) in [4.78, 5) is 24.5. The van der Waals surface area contributed by atoms with Crippen LogP contribution in [-0.4, -0.2) is 36.7 Å². The highest BCUT2D eigenvalue weighted by molar-refractivity contribution is 7.80. The smallest absolute Gasteiger partial charge is 0.276 e. The average Bonchev–Trinajstić information content (AvgIpc) is 2.85. The number of benzene rings is 3. The van der Waals surface area contributed by atoms with Crippen molar-refractivity contribution in [1.29, 1.82) is 0 Å². The molecule has 3 aromatic carbocycles. The molecule has 0 fully saturated rings. The Morgan fingerprint density at radius 3 is 1.97 bits per heavy atom. The van der Waals surface area contributed by atoms with Crippen LogP contribution in [0.3, 0.4) is 0 Å². The molecule has 33 heavy (non-hydrogen) atoms. The van der Waals surface area contributed by atoms with Crippen LogP contribution in [0.1, 0.15) is 10.4 Å². The molecule has 0 aliphatic rings. The molecule has 0 unspecified atom stereocenters. The summed E-state index contributed by atoms with van der Waals surface area (Å²) in [6, 6.07) is 25.0. The lowest BCUT2D eigenvalue weighted by Gasteiger charge is -2.14. The SMILES string of the molecule is O=C(COc1ccccc1)NNC(=S)NC(=O)c1ccccc1OCCOc1ccccc1. The molecule has 0 heterocycles. The summed E-state index contributed by atoms with van der Waals surface area (Å²) >= 11 is 5.07. The van der Waals surface area contributed by atoms with Crippen LogP contribution in [-0.2, 0) is 4.79 Å². The van der Waals surface area contributed by atoms with Gasteiger partial charge in [-0.2, -0.15) is 0 Å². The van der Waals surface area contributed by atoms with Gasteiger partial charge in [0.25, 0.3) is 11.8 Å². The van der Waals surface area contributed by atoms with Gasteiger partial charge in [0.1, 0.15) is 30.5 Å². The number of para-hydroxylation sites is 3. The van der Waals surface area contributed by atoms with Gasteiger partial charge in [0.2, 0.25) is 0 Å². The Labute approximate surface area is 196 Å². The van der Waals surface area contributed by atoms with Crippen molar-refractivity contribution in [3.63, 3.8) is 0 Å². The van der Waals surface area contributed by atoms with Gasteiger partial charge in [-0.25, -0.2) is 0 Å². The number of carbonyl (C=O) groups is 2. The molecular weight excluding hydrogens is 442 g/mol. The van der Waals surface area contributed by atoms with Crippen LogP contribution in [0, 0.1) is 0 Å². The van der Waals surface area contributed by atoms with Crippen LogP contribution >= 0.6 is 12.2 Å². The quantitative estimate of drug-likeness (QED) is 0.254. The zero-order valence-corrected chi connectivity index (χ0v) is 18.5. The molecule has 0 aliphatic carbocycles. The number of rotatable bonds is 9. The fraction of sp³-hybridized carbons (Fsp3) is 0.125. The van der Waals surface area contributed by atoms with Crippen LogP contribution in [0.5, 0.6) is 17.2 Å². The zero-order chi connectivity index (χ0) is 23.3. The highest BCUT2D eigenvalue weighted by Gasteiger charge is 2.14. The second-order valence-electron chi connectivity index (χ2n) is 6.56. The molecule has 0 aromatic heterocycles. The second kappa shape index (κ2) is 12.7. The van der Waals surface area contributed by atoms with Crippen molar-refractivity contribution < 1.29 is 23.8 Å². The molecule has 0 atom stereocenters. The standard InChI is InChI=1S/C24H23N3O5S/c28-22(17-32-19-11-5-2-6-12-19)26-27-24(33)25-23(29)20-13-7-8-14-21(20)31-16-15-30-18-9-3-1-4-10-18/h1-14H,15-17H2,(H,26,28)(H2,25,27,29,33). The van der Waals surface area contributed by atoms with Crippen LogP contribution in [0.2, 0.25) is 0 Å². The van der Waals surface area contributed by atoms with Gasteiger partial charge in [-0.15, -0.1) is 0 Å². The van der Waals surface area contributed by atoms with Gasteiger partial charge in [-0.05, 0) is 48.6 Å². The van der Waals surface area contributed by atoms with Crippen molar-refractivity contribution >= 4 is 29.1 Å². The number of nitrogens with one attached hydrogen (secondary N) is 3. The fourth-order valence-electron chi connectivity index (χ4n) is 2.64. The van der Waals surface area contributed by atoms with Gasteiger partial charge in [0.05, 0.1) is 5.56 Å². The molecule has 170 valence electrons. The summed E-state index contributed by atoms with van der Waals surface area (Å²) in [6.07, 6.45) is 0. The van der Waals surface area contributed by atoms with E-state index in [-0.39, 0.29) is 18.3 Å². The molecule has 0 saturated carbocycles. The van der Waals surface area contributed by atoms with E-state index in [1.165, 1.54) is 0 Å². The predicted octanol–water partition coefficient (Wildman–Crippen LogP) is 2.86. The maximum absolute atomic E-state index is 12.6. The van der Waals surface area contributed by atoms with Gasteiger partial charge in [-0.1, -0.05) is 48.5 Å². The van der Waals surface area contributed by atoms with Crippen LogP contribution in [0.25, 0.3) is 0 Å². The highest BCUT2D eigenvalue weighted by atomic mass is 32.1. The monoisotopic (exact) mass is 465 g/mol. The molecule has 0 bridgehead atoms. The van der Waals surface area contributed by atoms with E-state index in [0.717, 1.165) is 5.75 Å². The zero-order valence-electron chi connectivity index (χ0n) is 17.7. The third-order valence-corrected chi connectivity index (χ3v) is 4.34. The lowest BCUT2D eigenvalue weighted by Crippen LogP contribution is -2.49. The average molecular weight is 466 g/mol. The summed E-state index contributed by atoms with van der Waals surface area (Å²) in [5, 5.41) is 2.42. The van der Waals surface area contributed by atoms with E-state index in [1.54, 1.807) is 48.5 Å². The van der Waals surface area contributed by atoms with Crippen LogP contribution in [0.15, 0.2) is 84.9 Å². The van der Waals surface area contributed by atoms with E-state index in [2.05, 4.69) is 16.2 Å². The van der Waals surface area contributed by atoms with E-state index in [0.29, 0.717) is 23.7 Å². The minimum atomic E-state index is -0.484. The first kappa shape index (κ1) is 23.6. The summed E-state index contributed by atoms with van der Waals surface area (Å²) in [5.74, 6) is 0.739. The van der Waals surface area contributed by atoms with E-state index < -0.39 is 11.8 Å². The van der Waals surface area contributed by atoms with Crippen LogP contribution in [0.4, 0.5) is 0 Å². The Kier molecular flexibility index (Phi) is 9.04. The number of amides is 2. The molecular formula is C24H23N3O5S. The number of ether oxygens (including phenoxy) is 3. The number of carbonyl (C=O) groups excluding carboxylic acids is 2. The first-order valence-electron chi connectivity index (χ1n) is 10.1. The van der Waals surface area contributed by atoms with Crippen molar-refractivity contribution in [1.82, 2.24) is 16.2 Å². The summed E-state index contributed by atoms with van der Waals surface area (Å²) in [6.45, 7) is 0.353. The fourth-order valence-corrected chi connectivity index (χ4v) is 2.78. The molecule has 0 saturated heterocycles. The summed E-state index contributed by atoms with van der Waals surface area (Å²) < 4.78 is 16.6. The van der Waals surface area contributed by atoms with Crippen molar-refractivity contribution in [2.75, 3.05) is 19.8 Å². The molecule has 3 aromatic rings. The van der Waals surface area contributed by atoms with Crippen LogP contribution < -0.4 is 30.4 Å². The van der Waals surface area contributed by atoms with E-state index >= 15 is 0 Å². The Hall–Kier alpha value is -4.11. The van der Waals surface area contributed by atoms with Gasteiger partial charge in [-0.3, -0.25) is 25.8 Å². The van der Waals surface area contributed by atoms with Crippen molar-refractivity contribution in [3.05, 3.63) is 90.5 Å². The number of hydrogen-bond acceptors (Lipinski definition) is 6. The molecule has 8 nitrogen and oxygen atoms in total. The maximum atomic E-state index is 12.6. The number of thiocarbonyl (C=S) groups is 1. The lowest BCUT2D eigenvalue weighted by molar-refractivity contribution is -0.123. The Morgan fingerprint density at radius 2 is 1.27 bits per heavy atom. The first-order chi connectivity index (χ1) is 16.1. The molecule has 2 amide bonds. The van der Waals surface area contributed by atoms with Crippen molar-refractivity contribution in [2.45, 2.75) is 0 Å². The van der Waals surface area contributed by atoms with Gasteiger partial charge in [0, 0.05) is 0 Å². The number of hydrogen-bond donors (Lipinski definition) is 3.